The molecule has 1 aromatic rings. The van der Waals surface area contributed by atoms with Crippen molar-refractivity contribution in [2.75, 3.05) is 32.8 Å². The van der Waals surface area contributed by atoms with Crippen molar-refractivity contribution in [2.24, 2.45) is 5.92 Å². The van der Waals surface area contributed by atoms with Gasteiger partial charge < -0.3 is 14.5 Å². The maximum Gasteiger partial charge on any atom is 0.253 e. The minimum atomic E-state index is 0.000936. The van der Waals surface area contributed by atoms with Gasteiger partial charge in [-0.25, -0.2) is 0 Å². The smallest absolute Gasteiger partial charge is 0.253 e. The first kappa shape index (κ1) is 18.3. The van der Waals surface area contributed by atoms with Gasteiger partial charge in [0.25, 0.3) is 5.91 Å². The zero-order chi connectivity index (χ0) is 17.7. The number of ether oxygens (including phenoxy) is 1. The van der Waals surface area contributed by atoms with E-state index in [9.17, 15) is 9.59 Å². The Hall–Kier alpha value is -2.04. The molecule has 1 fully saturated rings. The van der Waals surface area contributed by atoms with Crippen LogP contribution in [0.2, 0.25) is 0 Å². The molecule has 5 nitrogen and oxygen atoms in total. The Kier molecular flexibility index (Phi) is 6.23. The fraction of sp³-hybridized carbons (Fsp3) is 0.579. The topological polar surface area (TPSA) is 49.9 Å². The Morgan fingerprint density at radius 1 is 1.12 bits per heavy atom. The second kappa shape index (κ2) is 8.18. The molecule has 5 heteroatoms. The van der Waals surface area contributed by atoms with Crippen LogP contribution in [0.3, 0.4) is 0 Å². The van der Waals surface area contributed by atoms with Gasteiger partial charge in [-0.05, 0) is 44.0 Å². The lowest BCUT2D eigenvalue weighted by atomic mass is 10.1. The second-order valence-electron chi connectivity index (χ2n) is 6.54. The summed E-state index contributed by atoms with van der Waals surface area (Å²) in [5.41, 5.74) is 1.65. The lowest BCUT2D eigenvalue weighted by molar-refractivity contribution is -0.134. The SMILES string of the molecule is CCOc1ccc(C(=O)N2CCCN(C(=O)C(C)C)CC2)cc1C. The van der Waals surface area contributed by atoms with Crippen LogP contribution < -0.4 is 4.74 Å². The van der Waals surface area contributed by atoms with Gasteiger partial charge >= 0.3 is 0 Å². The molecule has 2 amide bonds. The van der Waals surface area contributed by atoms with Gasteiger partial charge in [0.15, 0.2) is 0 Å². The van der Waals surface area contributed by atoms with Gasteiger partial charge in [0.2, 0.25) is 5.91 Å². The third-order valence-corrected chi connectivity index (χ3v) is 4.31. The molecule has 0 spiro atoms. The van der Waals surface area contributed by atoms with E-state index >= 15 is 0 Å². The van der Waals surface area contributed by atoms with E-state index in [0.29, 0.717) is 31.8 Å². The van der Waals surface area contributed by atoms with Crippen molar-refractivity contribution >= 4 is 11.8 Å². The van der Waals surface area contributed by atoms with Crippen LogP contribution in [0.15, 0.2) is 18.2 Å². The molecule has 2 rings (SSSR count). The van der Waals surface area contributed by atoms with E-state index in [1.807, 2.05) is 55.7 Å². The molecule has 0 unspecified atom stereocenters. The van der Waals surface area contributed by atoms with Gasteiger partial charge in [-0.15, -0.1) is 0 Å². The fourth-order valence-corrected chi connectivity index (χ4v) is 2.99. The summed E-state index contributed by atoms with van der Waals surface area (Å²) in [4.78, 5) is 28.6. The summed E-state index contributed by atoms with van der Waals surface area (Å²) in [6, 6.07) is 5.57. The summed E-state index contributed by atoms with van der Waals surface area (Å²) in [5, 5.41) is 0. The number of benzene rings is 1. The second-order valence-corrected chi connectivity index (χ2v) is 6.54. The zero-order valence-electron chi connectivity index (χ0n) is 15.2. The summed E-state index contributed by atoms with van der Waals surface area (Å²) in [7, 11) is 0. The Morgan fingerprint density at radius 2 is 1.79 bits per heavy atom. The Bertz CT molecular complexity index is 598. The van der Waals surface area contributed by atoms with Crippen molar-refractivity contribution in [3.8, 4) is 5.75 Å². The van der Waals surface area contributed by atoms with Crippen molar-refractivity contribution in [3.05, 3.63) is 29.3 Å². The molecule has 0 saturated carbocycles. The average molecular weight is 332 g/mol. The molecule has 1 heterocycles. The molecular formula is C19H28N2O3. The first-order chi connectivity index (χ1) is 11.4. The molecule has 1 aliphatic rings. The fourth-order valence-electron chi connectivity index (χ4n) is 2.99. The molecule has 0 radical (unpaired) electrons. The number of nitrogens with zero attached hydrogens (tertiary/aromatic N) is 2. The molecule has 132 valence electrons. The highest BCUT2D eigenvalue weighted by atomic mass is 16.5. The molecule has 0 bridgehead atoms. The van der Waals surface area contributed by atoms with Crippen LogP contribution >= 0.6 is 0 Å². The highest BCUT2D eigenvalue weighted by Gasteiger charge is 2.24. The van der Waals surface area contributed by atoms with E-state index in [1.165, 1.54) is 0 Å². The number of carbonyl (C=O) groups is 2. The van der Waals surface area contributed by atoms with E-state index in [1.54, 1.807) is 0 Å². The van der Waals surface area contributed by atoms with E-state index in [0.717, 1.165) is 24.3 Å². The van der Waals surface area contributed by atoms with Crippen molar-refractivity contribution in [1.29, 1.82) is 0 Å². The first-order valence-electron chi connectivity index (χ1n) is 8.75. The zero-order valence-corrected chi connectivity index (χ0v) is 15.2. The quantitative estimate of drug-likeness (QED) is 0.852. The van der Waals surface area contributed by atoms with Gasteiger partial charge in [0.1, 0.15) is 5.75 Å². The maximum atomic E-state index is 12.8. The minimum Gasteiger partial charge on any atom is -0.494 e. The summed E-state index contributed by atoms with van der Waals surface area (Å²) < 4.78 is 5.53. The molecule has 1 aromatic carbocycles. The highest BCUT2D eigenvalue weighted by molar-refractivity contribution is 5.94. The lowest BCUT2D eigenvalue weighted by Gasteiger charge is -2.23. The third-order valence-electron chi connectivity index (χ3n) is 4.31. The van der Waals surface area contributed by atoms with E-state index < -0.39 is 0 Å². The standard InChI is InChI=1S/C19H28N2O3/c1-5-24-17-8-7-16(13-15(17)4)19(23)21-10-6-9-20(11-12-21)18(22)14(2)3/h7-8,13-14H,5-6,9-12H2,1-4H3. The summed E-state index contributed by atoms with van der Waals surface area (Å²) in [5.74, 6) is 1.01. The number of aryl methyl sites for hydroxylation is 1. The van der Waals surface area contributed by atoms with Crippen LogP contribution in [0.1, 0.15) is 43.1 Å². The number of hydrogen-bond acceptors (Lipinski definition) is 3. The Morgan fingerprint density at radius 3 is 2.42 bits per heavy atom. The van der Waals surface area contributed by atoms with Crippen LogP contribution in [-0.2, 0) is 4.79 Å². The Labute approximate surface area is 144 Å². The lowest BCUT2D eigenvalue weighted by Crippen LogP contribution is -2.39. The molecule has 0 aliphatic carbocycles. The van der Waals surface area contributed by atoms with Gasteiger partial charge in [-0.2, -0.15) is 0 Å². The average Bonchev–Trinajstić information content (AvgIpc) is 2.81. The van der Waals surface area contributed by atoms with Crippen molar-refractivity contribution in [3.63, 3.8) is 0 Å². The molecule has 1 saturated heterocycles. The van der Waals surface area contributed by atoms with Crippen molar-refractivity contribution in [1.82, 2.24) is 9.80 Å². The minimum absolute atomic E-state index is 0.000936. The summed E-state index contributed by atoms with van der Waals surface area (Å²) in [6.07, 6.45) is 0.820. The molecule has 24 heavy (non-hydrogen) atoms. The number of rotatable bonds is 4. The monoisotopic (exact) mass is 332 g/mol. The molecule has 0 aromatic heterocycles. The van der Waals surface area contributed by atoms with Gasteiger partial charge in [0, 0.05) is 37.7 Å². The van der Waals surface area contributed by atoms with Crippen LogP contribution in [0.4, 0.5) is 0 Å². The predicted octanol–water partition coefficient (Wildman–Crippen LogP) is 2.72. The predicted molar refractivity (Wildman–Crippen MR) is 94.3 cm³/mol. The first-order valence-corrected chi connectivity index (χ1v) is 8.75. The van der Waals surface area contributed by atoms with Gasteiger partial charge in [-0.1, -0.05) is 13.8 Å². The van der Waals surface area contributed by atoms with E-state index in [-0.39, 0.29) is 17.7 Å². The van der Waals surface area contributed by atoms with Crippen molar-refractivity contribution in [2.45, 2.75) is 34.1 Å². The Balaban J connectivity index is 2.05. The summed E-state index contributed by atoms with van der Waals surface area (Å²) >= 11 is 0. The number of hydrogen-bond donors (Lipinski definition) is 0. The number of carbonyl (C=O) groups excluding carboxylic acids is 2. The maximum absolute atomic E-state index is 12.8. The van der Waals surface area contributed by atoms with E-state index in [4.69, 9.17) is 4.74 Å². The normalized spacial score (nSPS) is 15.4. The van der Waals surface area contributed by atoms with Crippen LogP contribution in [0.25, 0.3) is 0 Å². The number of amides is 2. The summed E-state index contributed by atoms with van der Waals surface area (Å²) in [6.45, 7) is 10.9. The van der Waals surface area contributed by atoms with Gasteiger partial charge in [0.05, 0.1) is 6.61 Å². The van der Waals surface area contributed by atoms with Crippen molar-refractivity contribution < 1.29 is 14.3 Å². The van der Waals surface area contributed by atoms with E-state index in [2.05, 4.69) is 0 Å². The van der Waals surface area contributed by atoms with Crippen LogP contribution in [-0.4, -0.2) is 54.4 Å². The molecular weight excluding hydrogens is 304 g/mol. The van der Waals surface area contributed by atoms with Gasteiger partial charge in [-0.3, -0.25) is 9.59 Å². The van der Waals surface area contributed by atoms with Crippen LogP contribution in [0.5, 0.6) is 5.75 Å². The molecule has 0 N–H and O–H groups in total. The highest BCUT2D eigenvalue weighted by Crippen LogP contribution is 2.20. The largest absolute Gasteiger partial charge is 0.494 e. The molecule has 1 aliphatic heterocycles. The van der Waals surface area contributed by atoms with Crippen LogP contribution in [0, 0.1) is 12.8 Å². The third kappa shape index (κ3) is 4.28. The molecule has 0 atom stereocenters.